The minimum absolute atomic E-state index is 0.0196. The van der Waals surface area contributed by atoms with E-state index in [1.54, 1.807) is 0 Å². The van der Waals surface area contributed by atoms with E-state index in [4.69, 9.17) is 0 Å². The van der Waals surface area contributed by atoms with Gasteiger partial charge in [-0.15, -0.1) is 0 Å². The molecule has 0 spiro atoms. The van der Waals surface area contributed by atoms with Crippen molar-refractivity contribution in [2.45, 2.75) is 13.3 Å². The van der Waals surface area contributed by atoms with Crippen LogP contribution in [0.5, 0.6) is 0 Å². The monoisotopic (exact) mass is 292 g/mol. The number of nitrogens with one attached hydrogen (secondary N) is 2. The molecule has 0 aliphatic rings. The van der Waals surface area contributed by atoms with Crippen molar-refractivity contribution in [2.24, 2.45) is 0 Å². The van der Waals surface area contributed by atoms with Crippen LogP contribution in [-0.4, -0.2) is 22.4 Å². The largest absolute Gasteiger partial charge is 0.369 e. The summed E-state index contributed by atoms with van der Waals surface area (Å²) < 4.78 is 26.1. The molecule has 2 N–H and O–H groups in total. The topological polar surface area (TPSA) is 66.9 Å². The summed E-state index contributed by atoms with van der Waals surface area (Å²) in [4.78, 5) is 20.0. The summed E-state index contributed by atoms with van der Waals surface area (Å²) in [7, 11) is 0. The Morgan fingerprint density at radius 1 is 1.19 bits per heavy atom. The molecule has 1 amide bonds. The lowest BCUT2D eigenvalue weighted by Gasteiger charge is -2.07. The van der Waals surface area contributed by atoms with Crippen LogP contribution in [0.25, 0.3) is 0 Å². The minimum Gasteiger partial charge on any atom is -0.369 e. The van der Waals surface area contributed by atoms with Gasteiger partial charge in [-0.25, -0.2) is 13.8 Å². The first-order valence-corrected chi connectivity index (χ1v) is 6.42. The molecular weight excluding hydrogens is 278 g/mol. The molecule has 5 nitrogen and oxygen atoms in total. The van der Waals surface area contributed by atoms with Gasteiger partial charge in [0.05, 0.1) is 12.4 Å². The number of nitrogens with zero attached hydrogens (tertiary/aromatic N) is 2. The number of carbonyl (C=O) groups excluding carboxylic acids is 1. The quantitative estimate of drug-likeness (QED) is 0.889. The molecule has 21 heavy (non-hydrogen) atoms. The van der Waals surface area contributed by atoms with Gasteiger partial charge in [-0.1, -0.05) is 6.92 Å². The molecule has 0 aliphatic heterocycles. The highest BCUT2D eigenvalue weighted by molar-refractivity contribution is 6.02. The second-order valence-electron chi connectivity index (χ2n) is 4.33. The van der Waals surface area contributed by atoms with Crippen molar-refractivity contribution in [1.82, 2.24) is 9.97 Å². The summed E-state index contributed by atoms with van der Waals surface area (Å²) >= 11 is 0. The molecule has 0 fully saturated rings. The highest BCUT2D eigenvalue weighted by Crippen LogP contribution is 2.14. The van der Waals surface area contributed by atoms with Crippen LogP contribution in [0.2, 0.25) is 0 Å². The van der Waals surface area contributed by atoms with Crippen LogP contribution >= 0.6 is 0 Å². The Bertz CT molecular complexity index is 628. The summed E-state index contributed by atoms with van der Waals surface area (Å²) in [6, 6.07) is 2.77. The van der Waals surface area contributed by atoms with E-state index >= 15 is 0 Å². The third kappa shape index (κ3) is 4.20. The number of hydrogen-bond acceptors (Lipinski definition) is 4. The third-order valence-electron chi connectivity index (χ3n) is 2.54. The predicted octanol–water partition coefficient (Wildman–Crippen LogP) is 2.83. The van der Waals surface area contributed by atoms with Gasteiger partial charge in [0.1, 0.15) is 23.1 Å². The average Bonchev–Trinajstić information content (AvgIpc) is 2.44. The van der Waals surface area contributed by atoms with Gasteiger partial charge in [-0.2, -0.15) is 0 Å². The Morgan fingerprint density at radius 3 is 2.57 bits per heavy atom. The summed E-state index contributed by atoms with van der Waals surface area (Å²) in [5.74, 6) is -1.66. The third-order valence-corrected chi connectivity index (χ3v) is 2.54. The zero-order valence-corrected chi connectivity index (χ0v) is 11.4. The number of anilines is 2. The number of hydrogen-bond donors (Lipinski definition) is 2. The lowest BCUT2D eigenvalue weighted by atomic mass is 10.3. The average molecular weight is 292 g/mol. The van der Waals surface area contributed by atoms with Crippen molar-refractivity contribution < 1.29 is 13.6 Å². The SMILES string of the molecule is CCCNc1cncc(C(=O)Nc2cc(F)cc(F)c2)n1. The number of aromatic nitrogens is 2. The second-order valence-corrected chi connectivity index (χ2v) is 4.33. The summed E-state index contributed by atoms with van der Waals surface area (Å²) in [6.45, 7) is 2.70. The molecule has 0 saturated carbocycles. The lowest BCUT2D eigenvalue weighted by molar-refractivity contribution is 0.102. The van der Waals surface area contributed by atoms with Gasteiger partial charge in [0.2, 0.25) is 0 Å². The first kappa shape index (κ1) is 14.8. The normalized spacial score (nSPS) is 10.2. The molecule has 1 heterocycles. The molecule has 110 valence electrons. The number of carbonyl (C=O) groups is 1. The highest BCUT2D eigenvalue weighted by Gasteiger charge is 2.10. The highest BCUT2D eigenvalue weighted by atomic mass is 19.1. The molecule has 7 heteroatoms. The molecule has 2 rings (SSSR count). The Kier molecular flexibility index (Phi) is 4.76. The fourth-order valence-electron chi connectivity index (χ4n) is 1.63. The van der Waals surface area contributed by atoms with E-state index in [1.807, 2.05) is 6.92 Å². The van der Waals surface area contributed by atoms with Crippen molar-refractivity contribution in [3.05, 3.63) is 47.9 Å². The Morgan fingerprint density at radius 2 is 1.90 bits per heavy atom. The smallest absolute Gasteiger partial charge is 0.275 e. The fourth-order valence-corrected chi connectivity index (χ4v) is 1.63. The van der Waals surface area contributed by atoms with Gasteiger partial charge in [0, 0.05) is 18.3 Å². The lowest BCUT2D eigenvalue weighted by Crippen LogP contribution is -2.15. The van der Waals surface area contributed by atoms with Crippen LogP contribution in [-0.2, 0) is 0 Å². The number of benzene rings is 1. The fraction of sp³-hybridized carbons (Fsp3) is 0.214. The van der Waals surface area contributed by atoms with Crippen molar-refractivity contribution in [3.8, 4) is 0 Å². The maximum Gasteiger partial charge on any atom is 0.275 e. The summed E-state index contributed by atoms with van der Waals surface area (Å²) in [5, 5.41) is 5.37. The van der Waals surface area contributed by atoms with Crippen LogP contribution in [0.15, 0.2) is 30.6 Å². The van der Waals surface area contributed by atoms with Crippen molar-refractivity contribution in [2.75, 3.05) is 17.2 Å². The van der Waals surface area contributed by atoms with Gasteiger partial charge in [-0.05, 0) is 18.6 Å². The maximum absolute atomic E-state index is 13.1. The summed E-state index contributed by atoms with van der Waals surface area (Å²) in [5.41, 5.74) is 0.0759. The van der Waals surface area contributed by atoms with Crippen LogP contribution in [0.4, 0.5) is 20.3 Å². The molecule has 1 aromatic carbocycles. The molecule has 0 atom stereocenters. The van der Waals surface area contributed by atoms with E-state index in [0.717, 1.165) is 24.6 Å². The maximum atomic E-state index is 13.1. The standard InChI is InChI=1S/C14H14F2N4O/c1-2-3-18-13-8-17-7-12(20-13)14(21)19-11-5-9(15)4-10(16)6-11/h4-8H,2-3H2,1H3,(H,18,20)(H,19,21). The molecule has 0 saturated heterocycles. The molecule has 1 aromatic heterocycles. The van der Waals surface area contributed by atoms with Crippen molar-refractivity contribution in [3.63, 3.8) is 0 Å². The first-order valence-electron chi connectivity index (χ1n) is 6.42. The molecule has 0 radical (unpaired) electrons. The Hall–Kier alpha value is -2.57. The van der Waals surface area contributed by atoms with E-state index in [9.17, 15) is 13.6 Å². The molecule has 0 unspecified atom stereocenters. The zero-order chi connectivity index (χ0) is 15.2. The molecule has 2 aromatic rings. The first-order chi connectivity index (χ1) is 10.1. The summed E-state index contributed by atoms with van der Waals surface area (Å²) in [6.07, 6.45) is 3.68. The molecule has 0 aliphatic carbocycles. The molecule has 0 bridgehead atoms. The molecular formula is C14H14F2N4O. The van der Waals surface area contributed by atoms with Gasteiger partial charge < -0.3 is 10.6 Å². The van der Waals surface area contributed by atoms with Crippen LogP contribution in [0.1, 0.15) is 23.8 Å². The van der Waals surface area contributed by atoms with E-state index in [-0.39, 0.29) is 11.4 Å². The van der Waals surface area contributed by atoms with Crippen LogP contribution in [0.3, 0.4) is 0 Å². The van der Waals surface area contributed by atoms with Gasteiger partial charge in [0.25, 0.3) is 5.91 Å². The van der Waals surface area contributed by atoms with Gasteiger partial charge >= 0.3 is 0 Å². The van der Waals surface area contributed by atoms with Crippen LogP contribution in [0, 0.1) is 11.6 Å². The van der Waals surface area contributed by atoms with E-state index in [0.29, 0.717) is 12.4 Å². The van der Waals surface area contributed by atoms with Gasteiger partial charge in [-0.3, -0.25) is 9.78 Å². The zero-order valence-electron chi connectivity index (χ0n) is 11.4. The number of amides is 1. The van der Waals surface area contributed by atoms with E-state index in [1.165, 1.54) is 12.4 Å². The number of rotatable bonds is 5. The number of halogens is 2. The van der Waals surface area contributed by atoms with Crippen molar-refractivity contribution >= 4 is 17.4 Å². The second kappa shape index (κ2) is 6.74. The van der Waals surface area contributed by atoms with Crippen LogP contribution < -0.4 is 10.6 Å². The van der Waals surface area contributed by atoms with Gasteiger partial charge in [0.15, 0.2) is 0 Å². The van der Waals surface area contributed by atoms with E-state index < -0.39 is 17.5 Å². The van der Waals surface area contributed by atoms with E-state index in [2.05, 4.69) is 20.6 Å². The minimum atomic E-state index is -0.769. The predicted molar refractivity (Wildman–Crippen MR) is 75.1 cm³/mol. The Balaban J connectivity index is 2.12. The Labute approximate surface area is 120 Å². The van der Waals surface area contributed by atoms with Crippen molar-refractivity contribution in [1.29, 1.82) is 0 Å².